The molecule has 87 heavy (non-hydrogen) atoms. The van der Waals surface area contributed by atoms with Crippen LogP contribution in [0.15, 0.2) is 313 Å². The number of nitrogens with zero attached hydrogens (tertiary/aromatic N) is 4. The number of thiophene rings is 1. The van der Waals surface area contributed by atoms with Crippen LogP contribution in [-0.2, 0) is 0 Å². The zero-order valence-electron chi connectivity index (χ0n) is 47.0. The molecular formula is C78H50B2N4OS2. The number of hydrogen-bond acceptors (Lipinski definition) is 7. The van der Waals surface area contributed by atoms with E-state index in [9.17, 15) is 0 Å². The SMILES string of the molecule is c1ccc(N(c2ccccc2)c2cc3c4c(c2)N(c2ccccc2)c2ccccc2B4c2cc4c(c(-c5ccc6sc7ccccc7c6c5)c2O3)Sc2cc(N(c3ccccc3)c3ccccc3)cc3c2B4c2ccccc2N3c2ccccc2)cc1. The molecule has 4 aliphatic heterocycles. The summed E-state index contributed by atoms with van der Waals surface area (Å²) in [7, 11) is 0. The summed E-state index contributed by atoms with van der Waals surface area (Å²) in [6.45, 7) is -0.333. The Morgan fingerprint density at radius 2 is 0.793 bits per heavy atom. The third-order valence-corrected chi connectivity index (χ3v) is 20.2. The summed E-state index contributed by atoms with van der Waals surface area (Å²) in [5.41, 5.74) is 22.7. The van der Waals surface area contributed by atoms with Crippen molar-refractivity contribution in [2.45, 2.75) is 9.79 Å². The van der Waals surface area contributed by atoms with Gasteiger partial charge in [0.25, 0.3) is 6.71 Å². The largest absolute Gasteiger partial charge is 0.458 e. The van der Waals surface area contributed by atoms with Crippen molar-refractivity contribution in [3.8, 4) is 22.6 Å². The summed E-state index contributed by atoms with van der Waals surface area (Å²) in [6.07, 6.45) is 0. The Morgan fingerprint density at radius 3 is 1.36 bits per heavy atom. The zero-order valence-corrected chi connectivity index (χ0v) is 48.7. The van der Waals surface area contributed by atoms with Gasteiger partial charge in [-0.05, 0) is 154 Å². The molecule has 9 heteroatoms. The molecule has 406 valence electrons. The lowest BCUT2D eigenvalue weighted by molar-refractivity contribution is 0.488. The van der Waals surface area contributed by atoms with Crippen LogP contribution in [0.5, 0.6) is 11.5 Å². The summed E-state index contributed by atoms with van der Waals surface area (Å²) in [5.74, 6) is 1.73. The first-order chi connectivity index (χ1) is 43.2. The first kappa shape index (κ1) is 49.9. The van der Waals surface area contributed by atoms with Gasteiger partial charge in [-0.25, -0.2) is 0 Å². The Bertz CT molecular complexity index is 4700. The second-order valence-electron chi connectivity index (χ2n) is 22.7. The third kappa shape index (κ3) is 7.90. The highest BCUT2D eigenvalue weighted by atomic mass is 32.2. The standard InChI is InChI=1S/C78H50B2N4OS2/c1-7-25-52(26-8-1)81(53-27-9-2-10-28-53)58-46-68-75-70(48-58)85-77-64(79(75)62-38-20-22-40-66(62)83(68)56-33-15-5-16-34-56)50-65-78(74(77)51-43-44-72-61(45-51)60-37-19-24-42-71(60)86-72)87-73-49-59(82(54-29-11-3-12-30-54)55-31-13-4-14-32-55)47-69-76(73)80(65)63-39-21-23-41-67(63)84(69)57-35-17-6-18-36-57/h1-50H. The first-order valence-corrected chi connectivity index (χ1v) is 31.3. The van der Waals surface area contributed by atoms with Crippen LogP contribution < -0.4 is 57.1 Å². The molecule has 0 unspecified atom stereocenters. The van der Waals surface area contributed by atoms with Crippen LogP contribution in [0, 0.1) is 0 Å². The van der Waals surface area contributed by atoms with Crippen molar-refractivity contribution >= 4 is 158 Å². The molecule has 0 saturated carbocycles. The molecule has 13 aromatic carbocycles. The number of anilines is 12. The van der Waals surface area contributed by atoms with E-state index in [4.69, 9.17) is 4.74 Å². The number of para-hydroxylation sites is 8. The maximum Gasteiger partial charge on any atom is 0.256 e. The van der Waals surface area contributed by atoms with Crippen molar-refractivity contribution in [3.05, 3.63) is 303 Å². The monoisotopic (exact) mass is 1140 g/mol. The fourth-order valence-corrected chi connectivity index (χ4v) is 16.7. The molecule has 1 aromatic heterocycles. The van der Waals surface area contributed by atoms with Crippen LogP contribution >= 0.6 is 23.1 Å². The Labute approximate surface area is 514 Å². The van der Waals surface area contributed by atoms with Crippen molar-refractivity contribution in [2.24, 2.45) is 0 Å². The molecule has 0 aliphatic carbocycles. The van der Waals surface area contributed by atoms with Gasteiger partial charge in [0.05, 0.1) is 5.69 Å². The Hall–Kier alpha value is -10.4. The third-order valence-electron chi connectivity index (χ3n) is 17.9. The van der Waals surface area contributed by atoms with Crippen LogP contribution in [0.1, 0.15) is 0 Å². The van der Waals surface area contributed by atoms with Gasteiger partial charge in [-0.2, -0.15) is 0 Å². The first-order valence-electron chi connectivity index (χ1n) is 29.7. The number of fused-ring (bicyclic) bond motifs is 11. The van der Waals surface area contributed by atoms with Gasteiger partial charge in [-0.1, -0.05) is 193 Å². The maximum atomic E-state index is 8.05. The van der Waals surface area contributed by atoms with Crippen molar-refractivity contribution in [3.63, 3.8) is 0 Å². The topological polar surface area (TPSA) is 22.2 Å². The maximum absolute atomic E-state index is 8.05. The van der Waals surface area contributed by atoms with Crippen molar-refractivity contribution in [1.82, 2.24) is 0 Å². The van der Waals surface area contributed by atoms with Gasteiger partial charge in [-0.15, -0.1) is 11.3 Å². The van der Waals surface area contributed by atoms with E-state index in [2.05, 4.69) is 323 Å². The molecule has 18 rings (SSSR count). The highest BCUT2D eigenvalue weighted by molar-refractivity contribution is 8.00. The molecule has 5 heterocycles. The number of rotatable bonds is 9. The van der Waals surface area contributed by atoms with Gasteiger partial charge in [0.15, 0.2) is 0 Å². The molecule has 14 aromatic rings. The normalized spacial score (nSPS) is 13.0. The van der Waals surface area contributed by atoms with E-state index < -0.39 is 0 Å². The molecule has 5 nitrogen and oxygen atoms in total. The van der Waals surface area contributed by atoms with E-state index in [1.165, 1.54) is 51.8 Å². The summed E-state index contributed by atoms with van der Waals surface area (Å²) in [5, 5.41) is 2.51. The minimum Gasteiger partial charge on any atom is -0.458 e. The fraction of sp³-hybridized carbons (Fsp3) is 0. The van der Waals surface area contributed by atoms with E-state index >= 15 is 0 Å². The quantitative estimate of drug-likeness (QED) is 0.133. The summed E-state index contributed by atoms with van der Waals surface area (Å²) < 4.78 is 10.6. The van der Waals surface area contributed by atoms with Crippen molar-refractivity contribution in [1.29, 1.82) is 0 Å². The van der Waals surface area contributed by atoms with Crippen LogP contribution in [-0.4, -0.2) is 13.4 Å². The van der Waals surface area contributed by atoms with Gasteiger partial charge >= 0.3 is 0 Å². The van der Waals surface area contributed by atoms with Gasteiger partial charge in [-0.3, -0.25) is 0 Å². The lowest BCUT2D eigenvalue weighted by Crippen LogP contribution is -2.63. The number of benzene rings is 13. The number of hydrogen-bond donors (Lipinski definition) is 0. The Morgan fingerprint density at radius 1 is 0.333 bits per heavy atom. The van der Waals surface area contributed by atoms with Gasteiger partial charge in [0, 0.05) is 104 Å². The zero-order chi connectivity index (χ0) is 57.1. The predicted octanol–water partition coefficient (Wildman–Crippen LogP) is 17.8. The van der Waals surface area contributed by atoms with Crippen molar-refractivity contribution < 1.29 is 4.74 Å². The molecule has 0 N–H and O–H groups in total. The van der Waals surface area contributed by atoms with Crippen LogP contribution in [0.3, 0.4) is 0 Å². The molecule has 0 amide bonds. The lowest BCUT2D eigenvalue weighted by Gasteiger charge is -2.44. The van der Waals surface area contributed by atoms with E-state index in [-0.39, 0.29) is 13.4 Å². The van der Waals surface area contributed by atoms with E-state index in [0.29, 0.717) is 0 Å². The minimum atomic E-state index is -0.196. The lowest BCUT2D eigenvalue weighted by atomic mass is 9.31. The average Bonchev–Trinajstić information content (AvgIpc) is 1.04. The van der Waals surface area contributed by atoms with Gasteiger partial charge < -0.3 is 24.3 Å². The Balaban J connectivity index is 0.951. The predicted molar refractivity (Wildman–Crippen MR) is 370 cm³/mol. The summed E-state index contributed by atoms with van der Waals surface area (Å²) in [4.78, 5) is 12.2. The molecule has 0 fully saturated rings. The smallest absolute Gasteiger partial charge is 0.256 e. The van der Waals surface area contributed by atoms with Crippen LogP contribution in [0.4, 0.5) is 68.2 Å². The molecular weight excluding hydrogens is 1090 g/mol. The molecule has 0 bridgehead atoms. The number of ether oxygens (including phenoxy) is 1. The molecule has 0 saturated heterocycles. The van der Waals surface area contributed by atoms with Crippen molar-refractivity contribution in [2.75, 3.05) is 19.6 Å². The van der Waals surface area contributed by atoms with Gasteiger partial charge in [0.2, 0.25) is 6.71 Å². The minimum absolute atomic E-state index is 0.138. The van der Waals surface area contributed by atoms with E-state index in [0.717, 1.165) is 102 Å². The molecule has 0 radical (unpaired) electrons. The molecule has 4 aliphatic rings. The van der Waals surface area contributed by atoms with Crippen LogP contribution in [0.25, 0.3) is 31.3 Å². The molecule has 0 spiro atoms. The van der Waals surface area contributed by atoms with Gasteiger partial charge in [0.1, 0.15) is 11.5 Å². The average molecular weight is 1150 g/mol. The van der Waals surface area contributed by atoms with E-state index in [1.807, 2.05) is 23.1 Å². The highest BCUT2D eigenvalue weighted by Crippen LogP contribution is 2.53. The molecule has 0 atom stereocenters. The van der Waals surface area contributed by atoms with E-state index in [1.54, 1.807) is 0 Å². The summed E-state index contributed by atoms with van der Waals surface area (Å²) in [6, 6.07) is 111. The fourth-order valence-electron chi connectivity index (χ4n) is 14.3. The summed E-state index contributed by atoms with van der Waals surface area (Å²) >= 11 is 3.75. The Kier molecular flexibility index (Phi) is 11.5. The second kappa shape index (κ2) is 20.1. The highest BCUT2D eigenvalue weighted by Gasteiger charge is 2.48. The van der Waals surface area contributed by atoms with Crippen LogP contribution in [0.2, 0.25) is 0 Å². The second-order valence-corrected chi connectivity index (χ2v) is 24.8.